The lowest BCUT2D eigenvalue weighted by atomic mass is 10.1. The van der Waals surface area contributed by atoms with Gasteiger partial charge in [-0.15, -0.1) is 0 Å². The van der Waals surface area contributed by atoms with Gasteiger partial charge in [0.15, 0.2) is 0 Å². The van der Waals surface area contributed by atoms with Gasteiger partial charge in [-0.05, 0) is 27.2 Å². The summed E-state index contributed by atoms with van der Waals surface area (Å²) in [7, 11) is 0. The van der Waals surface area contributed by atoms with Gasteiger partial charge in [-0.25, -0.2) is 9.18 Å². The summed E-state index contributed by atoms with van der Waals surface area (Å²) >= 11 is 0. The van der Waals surface area contributed by atoms with Crippen LogP contribution in [0.1, 0.15) is 27.2 Å². The van der Waals surface area contributed by atoms with Gasteiger partial charge in [-0.2, -0.15) is 0 Å². The van der Waals surface area contributed by atoms with E-state index >= 15 is 0 Å². The number of carbonyl (C=O) groups is 1. The van der Waals surface area contributed by atoms with Crippen LogP contribution in [0.2, 0.25) is 0 Å². The minimum absolute atomic E-state index is 0.125. The summed E-state index contributed by atoms with van der Waals surface area (Å²) in [5.41, 5.74) is -1.33. The topological polar surface area (TPSA) is 58.6 Å². The minimum Gasteiger partial charge on any atom is -0.444 e. The van der Waals surface area contributed by atoms with Crippen LogP contribution in [0.4, 0.5) is 9.18 Å². The monoisotopic (exact) mass is 219 g/mol. The second-order valence-electron chi connectivity index (χ2n) is 5.05. The van der Waals surface area contributed by atoms with Crippen molar-refractivity contribution in [1.82, 2.24) is 5.32 Å². The molecule has 2 N–H and O–H groups in total. The molecule has 15 heavy (non-hydrogen) atoms. The highest BCUT2D eigenvalue weighted by molar-refractivity contribution is 5.67. The van der Waals surface area contributed by atoms with Gasteiger partial charge in [-0.3, -0.25) is 0 Å². The molecule has 0 radical (unpaired) electrons. The fraction of sp³-hybridized carbons (Fsp3) is 0.900. The van der Waals surface area contributed by atoms with Gasteiger partial charge < -0.3 is 15.2 Å². The standard InChI is InChI=1S/C10H18FNO3/c1-9(2,3)15-8(14)12-5-10(6-13)4-7(10)11/h7,13H,4-6H2,1-3H3,(H,12,14)/t7-,10-/m0/s1. The molecule has 1 fully saturated rings. The normalized spacial score (nSPS) is 29.8. The molecule has 4 nitrogen and oxygen atoms in total. The Morgan fingerprint density at radius 2 is 2.20 bits per heavy atom. The van der Waals surface area contributed by atoms with Crippen LogP contribution in [0.5, 0.6) is 0 Å². The molecule has 1 aliphatic rings. The first-order chi connectivity index (χ1) is 6.79. The Labute approximate surface area is 88.8 Å². The van der Waals surface area contributed by atoms with Crippen LogP contribution in [-0.4, -0.2) is 36.1 Å². The third-order valence-electron chi connectivity index (χ3n) is 2.39. The number of hydrogen-bond acceptors (Lipinski definition) is 3. The molecule has 0 bridgehead atoms. The zero-order valence-corrected chi connectivity index (χ0v) is 9.34. The third kappa shape index (κ3) is 3.34. The Morgan fingerprint density at radius 3 is 2.53 bits per heavy atom. The van der Waals surface area contributed by atoms with E-state index in [-0.39, 0.29) is 13.2 Å². The van der Waals surface area contributed by atoms with Crippen LogP contribution in [-0.2, 0) is 4.74 Å². The van der Waals surface area contributed by atoms with Crippen molar-refractivity contribution >= 4 is 6.09 Å². The number of ether oxygens (including phenoxy) is 1. The summed E-state index contributed by atoms with van der Waals surface area (Å²) in [5, 5.41) is 11.4. The maximum atomic E-state index is 12.9. The fourth-order valence-electron chi connectivity index (χ4n) is 1.26. The largest absolute Gasteiger partial charge is 0.444 e. The van der Waals surface area contributed by atoms with Gasteiger partial charge in [0.05, 0.1) is 6.61 Å². The van der Waals surface area contributed by atoms with Gasteiger partial charge in [0.25, 0.3) is 0 Å². The minimum atomic E-state index is -1.02. The number of halogens is 1. The van der Waals surface area contributed by atoms with Crippen molar-refractivity contribution in [3.63, 3.8) is 0 Å². The lowest BCUT2D eigenvalue weighted by Gasteiger charge is -2.21. The molecule has 1 rings (SSSR count). The van der Waals surface area contributed by atoms with Gasteiger partial charge in [0.2, 0.25) is 0 Å². The van der Waals surface area contributed by atoms with Crippen LogP contribution >= 0.6 is 0 Å². The van der Waals surface area contributed by atoms with E-state index in [1.807, 2.05) is 0 Å². The van der Waals surface area contributed by atoms with Gasteiger partial charge in [-0.1, -0.05) is 0 Å². The molecule has 1 amide bonds. The van der Waals surface area contributed by atoms with Crippen molar-refractivity contribution in [3.05, 3.63) is 0 Å². The zero-order chi connectivity index (χ0) is 11.7. The number of aliphatic hydroxyl groups is 1. The number of alkyl carbamates (subject to hydrolysis) is 1. The summed E-state index contributed by atoms with van der Waals surface area (Å²) in [6, 6.07) is 0. The highest BCUT2D eigenvalue weighted by Crippen LogP contribution is 2.47. The molecule has 5 heteroatoms. The van der Waals surface area contributed by atoms with Crippen molar-refractivity contribution < 1.29 is 19.0 Å². The lowest BCUT2D eigenvalue weighted by Crippen LogP contribution is -2.37. The molecule has 2 atom stereocenters. The molecule has 1 aliphatic carbocycles. The van der Waals surface area contributed by atoms with E-state index in [0.29, 0.717) is 6.42 Å². The molecule has 0 heterocycles. The Hall–Kier alpha value is -0.840. The summed E-state index contributed by atoms with van der Waals surface area (Å²) in [4.78, 5) is 11.2. The van der Waals surface area contributed by atoms with Crippen molar-refractivity contribution in [2.75, 3.05) is 13.2 Å². The predicted octanol–water partition coefficient (Wildman–Crippen LogP) is 1.23. The van der Waals surface area contributed by atoms with Gasteiger partial charge in [0, 0.05) is 12.0 Å². The molecule has 0 saturated heterocycles. The van der Waals surface area contributed by atoms with E-state index in [1.165, 1.54) is 0 Å². The molecule has 0 aliphatic heterocycles. The molecule has 88 valence electrons. The third-order valence-corrected chi connectivity index (χ3v) is 2.39. The SMILES string of the molecule is CC(C)(C)OC(=O)NC[C@]1(CO)C[C@@H]1F. The van der Waals surface area contributed by atoms with E-state index in [9.17, 15) is 9.18 Å². The van der Waals surface area contributed by atoms with Crippen molar-refractivity contribution in [3.8, 4) is 0 Å². The van der Waals surface area contributed by atoms with Gasteiger partial charge >= 0.3 is 6.09 Å². The van der Waals surface area contributed by atoms with Crippen molar-refractivity contribution in [2.45, 2.75) is 39.0 Å². The lowest BCUT2D eigenvalue weighted by molar-refractivity contribution is 0.0502. The summed E-state index contributed by atoms with van der Waals surface area (Å²) in [6.07, 6.45) is -1.29. The average Bonchev–Trinajstić information content (AvgIpc) is 2.71. The van der Waals surface area contributed by atoms with Crippen LogP contribution in [0.25, 0.3) is 0 Å². The quantitative estimate of drug-likeness (QED) is 0.750. The van der Waals surface area contributed by atoms with E-state index in [0.717, 1.165) is 0 Å². The number of hydrogen-bond donors (Lipinski definition) is 2. The first-order valence-electron chi connectivity index (χ1n) is 5.01. The number of nitrogens with one attached hydrogen (secondary N) is 1. The molecule has 0 aromatic rings. The summed E-state index contributed by atoms with van der Waals surface area (Å²) in [6.45, 7) is 5.14. The number of alkyl halides is 1. The number of carbonyl (C=O) groups excluding carboxylic acids is 1. The van der Waals surface area contributed by atoms with Crippen LogP contribution in [0.15, 0.2) is 0 Å². The molecular weight excluding hydrogens is 201 g/mol. The molecule has 0 unspecified atom stereocenters. The summed E-state index contributed by atoms with van der Waals surface area (Å²) in [5.74, 6) is 0. The van der Waals surface area contributed by atoms with Crippen LogP contribution in [0, 0.1) is 5.41 Å². The molecular formula is C10H18FNO3. The second kappa shape index (κ2) is 3.96. The van der Waals surface area contributed by atoms with E-state index in [2.05, 4.69) is 5.32 Å². The zero-order valence-electron chi connectivity index (χ0n) is 9.34. The Morgan fingerprint density at radius 1 is 1.67 bits per heavy atom. The average molecular weight is 219 g/mol. The highest BCUT2D eigenvalue weighted by atomic mass is 19.1. The molecule has 0 aromatic carbocycles. The van der Waals surface area contributed by atoms with Crippen LogP contribution < -0.4 is 5.32 Å². The van der Waals surface area contributed by atoms with Crippen molar-refractivity contribution in [2.24, 2.45) is 5.41 Å². The molecule has 1 saturated carbocycles. The highest BCUT2D eigenvalue weighted by Gasteiger charge is 2.55. The number of rotatable bonds is 3. The Balaban J connectivity index is 2.29. The van der Waals surface area contributed by atoms with E-state index in [4.69, 9.17) is 9.84 Å². The molecule has 0 spiro atoms. The van der Waals surface area contributed by atoms with E-state index in [1.54, 1.807) is 20.8 Å². The second-order valence-corrected chi connectivity index (χ2v) is 5.05. The Bertz CT molecular complexity index is 248. The smallest absolute Gasteiger partial charge is 0.407 e. The Kier molecular flexibility index (Phi) is 3.23. The number of aliphatic hydroxyl groups excluding tert-OH is 1. The predicted molar refractivity (Wildman–Crippen MR) is 53.3 cm³/mol. The first-order valence-corrected chi connectivity index (χ1v) is 5.01. The van der Waals surface area contributed by atoms with Crippen molar-refractivity contribution in [1.29, 1.82) is 0 Å². The van der Waals surface area contributed by atoms with E-state index < -0.39 is 23.3 Å². The maximum Gasteiger partial charge on any atom is 0.407 e. The molecule has 0 aromatic heterocycles. The summed E-state index contributed by atoms with van der Waals surface area (Å²) < 4.78 is 17.9. The number of amides is 1. The first kappa shape index (κ1) is 12.2. The maximum absolute atomic E-state index is 12.9. The van der Waals surface area contributed by atoms with Gasteiger partial charge in [0.1, 0.15) is 11.8 Å². The van der Waals surface area contributed by atoms with Crippen LogP contribution in [0.3, 0.4) is 0 Å². The fourth-order valence-corrected chi connectivity index (χ4v) is 1.26.